The van der Waals surface area contributed by atoms with Gasteiger partial charge in [0.2, 0.25) is 0 Å². The number of hydrogen-bond donors (Lipinski definition) is 4. The molecule has 5 rings (SSSR count). The predicted octanol–water partition coefficient (Wildman–Crippen LogP) is 1.99. The summed E-state index contributed by atoms with van der Waals surface area (Å²) in [5, 5.41) is 20.6. The summed E-state index contributed by atoms with van der Waals surface area (Å²) in [6, 6.07) is 12.1. The number of aromatic nitrogens is 5. The lowest BCUT2D eigenvalue weighted by Gasteiger charge is -2.15. The largest absolute Gasteiger partial charge is 0.478 e. The van der Waals surface area contributed by atoms with Gasteiger partial charge >= 0.3 is 11.7 Å². The van der Waals surface area contributed by atoms with Gasteiger partial charge in [0.1, 0.15) is 16.9 Å². The van der Waals surface area contributed by atoms with Crippen molar-refractivity contribution in [2.75, 3.05) is 0 Å². The minimum absolute atomic E-state index is 0.120. The van der Waals surface area contributed by atoms with E-state index in [2.05, 4.69) is 30.8 Å². The van der Waals surface area contributed by atoms with Gasteiger partial charge in [-0.3, -0.25) is 9.59 Å². The van der Waals surface area contributed by atoms with Gasteiger partial charge in [-0.05, 0) is 48.4 Å². The van der Waals surface area contributed by atoms with Crippen LogP contribution in [0.4, 0.5) is 0 Å². The third kappa shape index (κ3) is 4.72. The van der Waals surface area contributed by atoms with Gasteiger partial charge in [0.25, 0.3) is 17.6 Å². The zero-order valence-corrected chi connectivity index (χ0v) is 20.2. The van der Waals surface area contributed by atoms with Gasteiger partial charge in [-0.1, -0.05) is 18.2 Å². The molecule has 0 fully saturated rings. The number of benzene rings is 2. The number of H-pyrrole nitrogens is 1. The molecule has 0 unspecified atom stereocenters. The van der Waals surface area contributed by atoms with Crippen molar-refractivity contribution in [3.05, 3.63) is 93.0 Å². The number of aromatic amines is 1. The summed E-state index contributed by atoms with van der Waals surface area (Å²) in [6.07, 6.45) is 0. The minimum atomic E-state index is -1.06. The topological polar surface area (TPSA) is 185 Å². The monoisotopic (exact) mass is 515 g/mol. The Balaban J connectivity index is 1.37. The molecule has 0 saturated heterocycles. The van der Waals surface area contributed by atoms with Crippen LogP contribution in [0.15, 0.2) is 57.7 Å². The summed E-state index contributed by atoms with van der Waals surface area (Å²) in [5.74, 6) is -1.91. The molecule has 0 aliphatic rings. The quantitative estimate of drug-likeness (QED) is 0.252. The second kappa shape index (κ2) is 9.61. The van der Waals surface area contributed by atoms with E-state index in [0.717, 1.165) is 9.96 Å². The fourth-order valence-corrected chi connectivity index (χ4v) is 3.94. The van der Waals surface area contributed by atoms with Gasteiger partial charge in [0, 0.05) is 13.5 Å². The molecular formula is C25H21N7O6. The van der Waals surface area contributed by atoms with Gasteiger partial charge < -0.3 is 20.2 Å². The van der Waals surface area contributed by atoms with Gasteiger partial charge in [-0.15, -0.1) is 5.10 Å². The summed E-state index contributed by atoms with van der Waals surface area (Å²) < 4.78 is 6.44. The molecule has 0 bridgehead atoms. The number of oxazole rings is 1. The molecule has 0 aliphatic heterocycles. The Kier molecular flexibility index (Phi) is 6.16. The Morgan fingerprint density at radius 2 is 1.84 bits per heavy atom. The maximum atomic E-state index is 13.1. The second-order valence-electron chi connectivity index (χ2n) is 8.53. The molecule has 1 atom stereocenters. The van der Waals surface area contributed by atoms with Crippen molar-refractivity contribution in [2.45, 2.75) is 26.4 Å². The van der Waals surface area contributed by atoms with E-state index in [1.165, 1.54) is 18.2 Å². The lowest BCUT2D eigenvalue weighted by atomic mass is 10.1. The number of nitrogens with one attached hydrogen (secondary N) is 3. The number of fused-ring (bicyclic) bond motifs is 2. The van der Waals surface area contributed by atoms with E-state index >= 15 is 0 Å². The molecule has 0 aliphatic carbocycles. The number of aromatic carboxylic acids is 1. The highest BCUT2D eigenvalue weighted by Crippen LogP contribution is 2.17. The van der Waals surface area contributed by atoms with Crippen LogP contribution >= 0.6 is 0 Å². The highest BCUT2D eigenvalue weighted by Gasteiger charge is 2.21. The van der Waals surface area contributed by atoms with Crippen LogP contribution in [0.25, 0.3) is 16.9 Å². The summed E-state index contributed by atoms with van der Waals surface area (Å²) in [7, 11) is 0. The van der Waals surface area contributed by atoms with Crippen LogP contribution < -0.4 is 16.3 Å². The van der Waals surface area contributed by atoms with Crippen LogP contribution in [0, 0.1) is 6.92 Å². The molecule has 0 radical (unpaired) electrons. The van der Waals surface area contributed by atoms with Crippen LogP contribution in [-0.2, 0) is 6.54 Å². The first-order chi connectivity index (χ1) is 18.2. The SMILES string of the molecule is Cc1nc2cc(CNC(=O)c3cc(C(=O)N[C@@H](C)c4ccc(C(=O)O)cc4)nc4n[nH]c(=O)n34)ccc2o1. The normalized spacial score (nSPS) is 11.9. The standard InChI is InChI=1S/C25H21N7O6/c1-12(15-4-6-16(7-5-15)23(35)36)27-21(33)18-10-19(32-24(29-18)30-31-25(32)37)22(34)26-11-14-3-8-20-17(9-14)28-13(2)38-20/h3-10,12H,11H2,1-2H3,(H,26,34)(H,27,33)(H,31,37)(H,35,36)/t12-/m0/s1. The van der Waals surface area contributed by atoms with Crippen molar-refractivity contribution < 1.29 is 23.9 Å². The molecule has 4 N–H and O–H groups in total. The average Bonchev–Trinajstić information content (AvgIpc) is 3.47. The van der Waals surface area contributed by atoms with Crippen molar-refractivity contribution in [2.24, 2.45) is 0 Å². The Labute approximate surface area is 213 Å². The summed E-state index contributed by atoms with van der Waals surface area (Å²) >= 11 is 0. The van der Waals surface area contributed by atoms with Gasteiger partial charge in [0.15, 0.2) is 11.5 Å². The fourth-order valence-electron chi connectivity index (χ4n) is 3.94. The van der Waals surface area contributed by atoms with E-state index in [-0.39, 0.29) is 29.3 Å². The van der Waals surface area contributed by atoms with Crippen LogP contribution in [-0.4, -0.2) is 47.5 Å². The number of carbonyl (C=O) groups is 3. The molecule has 38 heavy (non-hydrogen) atoms. The number of rotatable bonds is 7. The molecule has 13 nitrogen and oxygen atoms in total. The maximum absolute atomic E-state index is 13.1. The minimum Gasteiger partial charge on any atom is -0.478 e. The molecule has 2 amide bonds. The Bertz CT molecular complexity index is 1770. The lowest BCUT2D eigenvalue weighted by molar-refractivity contribution is 0.0696. The molecule has 13 heteroatoms. The zero-order valence-electron chi connectivity index (χ0n) is 20.2. The van der Waals surface area contributed by atoms with E-state index in [4.69, 9.17) is 9.52 Å². The lowest BCUT2D eigenvalue weighted by Crippen LogP contribution is -2.31. The molecule has 3 heterocycles. The summed E-state index contributed by atoms with van der Waals surface area (Å²) in [5.41, 5.74) is 1.87. The number of carbonyl (C=O) groups excluding carboxylic acids is 2. The number of amides is 2. The molecule has 5 aromatic rings. The first-order valence-corrected chi connectivity index (χ1v) is 11.5. The number of nitrogens with zero attached hydrogens (tertiary/aromatic N) is 4. The van der Waals surface area contributed by atoms with Crippen LogP contribution in [0.3, 0.4) is 0 Å². The van der Waals surface area contributed by atoms with Crippen molar-refractivity contribution in [1.82, 2.24) is 35.2 Å². The Hall–Kier alpha value is -5.33. The number of carboxylic acid groups (broad SMARTS) is 1. The molecule has 2 aromatic carbocycles. The molecule has 192 valence electrons. The Morgan fingerprint density at radius 3 is 2.58 bits per heavy atom. The van der Waals surface area contributed by atoms with E-state index < -0.39 is 29.5 Å². The number of hydrogen-bond acceptors (Lipinski definition) is 8. The van der Waals surface area contributed by atoms with E-state index in [9.17, 15) is 19.2 Å². The van der Waals surface area contributed by atoms with Gasteiger partial charge in [-0.2, -0.15) is 0 Å². The van der Waals surface area contributed by atoms with E-state index in [1.54, 1.807) is 44.2 Å². The highest BCUT2D eigenvalue weighted by atomic mass is 16.4. The first kappa shape index (κ1) is 24.4. The van der Waals surface area contributed by atoms with Gasteiger partial charge in [-0.25, -0.2) is 29.1 Å². The first-order valence-electron chi connectivity index (χ1n) is 11.5. The third-order valence-electron chi connectivity index (χ3n) is 5.87. The second-order valence-corrected chi connectivity index (χ2v) is 8.53. The average molecular weight is 515 g/mol. The van der Waals surface area contributed by atoms with Crippen LogP contribution in [0.1, 0.15) is 61.3 Å². The number of aryl methyl sites for hydroxylation is 1. The zero-order chi connectivity index (χ0) is 27.0. The van der Waals surface area contributed by atoms with Crippen molar-refractivity contribution in [1.29, 1.82) is 0 Å². The molecule has 0 saturated carbocycles. The molecule has 0 spiro atoms. The van der Waals surface area contributed by atoms with Crippen molar-refractivity contribution in [3.63, 3.8) is 0 Å². The fraction of sp³-hybridized carbons (Fsp3) is 0.160. The smallest absolute Gasteiger partial charge is 0.349 e. The van der Waals surface area contributed by atoms with Gasteiger partial charge in [0.05, 0.1) is 11.6 Å². The molecular weight excluding hydrogens is 494 g/mol. The highest BCUT2D eigenvalue weighted by molar-refractivity contribution is 5.98. The number of carboxylic acids is 1. The van der Waals surface area contributed by atoms with Crippen molar-refractivity contribution in [3.8, 4) is 0 Å². The Morgan fingerprint density at radius 1 is 1.08 bits per heavy atom. The van der Waals surface area contributed by atoms with E-state index in [1.807, 2.05) is 0 Å². The van der Waals surface area contributed by atoms with Crippen LogP contribution in [0.5, 0.6) is 0 Å². The molecule has 3 aromatic heterocycles. The van der Waals surface area contributed by atoms with E-state index in [0.29, 0.717) is 22.6 Å². The summed E-state index contributed by atoms with van der Waals surface area (Å²) in [4.78, 5) is 57.9. The van der Waals surface area contributed by atoms with Crippen molar-refractivity contribution >= 4 is 34.7 Å². The summed E-state index contributed by atoms with van der Waals surface area (Å²) in [6.45, 7) is 3.58. The predicted molar refractivity (Wildman–Crippen MR) is 133 cm³/mol. The maximum Gasteiger partial charge on any atom is 0.349 e. The third-order valence-corrected chi connectivity index (χ3v) is 5.87. The van der Waals surface area contributed by atoms with Crippen LogP contribution in [0.2, 0.25) is 0 Å².